The number of hydrogen-bond acceptors (Lipinski definition) is 2. The molecule has 1 aliphatic carbocycles. The average molecular weight is 643 g/mol. The van der Waals surface area contributed by atoms with Crippen LogP contribution in [0.5, 0.6) is 0 Å². The molecule has 2 N–H and O–H groups in total. The third kappa shape index (κ3) is 5.72. The molecule has 1 fully saturated rings. The maximum absolute atomic E-state index is 13.9. The molecule has 0 radical (unpaired) electrons. The van der Waals surface area contributed by atoms with Gasteiger partial charge in [-0.1, -0.05) is 33.6 Å². The molecular formula is C24H13BrCl3F5N2O2. The number of carbonyl (C=O) groups is 2. The van der Waals surface area contributed by atoms with Crippen molar-refractivity contribution in [2.75, 3.05) is 10.6 Å². The summed E-state index contributed by atoms with van der Waals surface area (Å²) in [5, 5.41) is 4.81. The monoisotopic (exact) mass is 640 g/mol. The van der Waals surface area contributed by atoms with E-state index in [1.165, 1.54) is 30.3 Å². The van der Waals surface area contributed by atoms with E-state index in [9.17, 15) is 31.5 Å². The van der Waals surface area contributed by atoms with E-state index in [0.29, 0.717) is 11.6 Å². The fourth-order valence-electron chi connectivity index (χ4n) is 3.80. The third-order valence-electron chi connectivity index (χ3n) is 5.65. The topological polar surface area (TPSA) is 58.2 Å². The number of halogens is 9. The maximum Gasteiger partial charge on any atom is 0.417 e. The maximum atomic E-state index is 13.9. The molecule has 2 atom stereocenters. The largest absolute Gasteiger partial charge is 0.417 e. The Kier molecular flexibility index (Phi) is 7.51. The van der Waals surface area contributed by atoms with Gasteiger partial charge in [-0.05, 0) is 48.0 Å². The minimum Gasteiger partial charge on any atom is -0.326 e. The Bertz CT molecular complexity index is 1420. The quantitative estimate of drug-likeness (QED) is 0.218. The molecule has 0 aliphatic heterocycles. The second-order valence-corrected chi connectivity index (χ2v) is 10.8. The fourth-order valence-corrected chi connectivity index (χ4v) is 5.45. The van der Waals surface area contributed by atoms with Gasteiger partial charge in [-0.2, -0.15) is 13.2 Å². The molecule has 4 rings (SSSR count). The lowest BCUT2D eigenvalue weighted by molar-refractivity contribution is -0.138. The lowest BCUT2D eigenvalue weighted by Gasteiger charge is -2.11. The van der Waals surface area contributed by atoms with Gasteiger partial charge in [0.05, 0.1) is 27.8 Å². The van der Waals surface area contributed by atoms with E-state index in [-0.39, 0.29) is 26.4 Å². The van der Waals surface area contributed by atoms with Crippen LogP contribution in [0.1, 0.15) is 27.4 Å². The standard InChI is InChI=1S/C24H13BrCl3F5N2O2/c25-15-7-10(1-4-14(15)24(31,32)33)19-20(23(19,27)28)22(37)34-12-3-5-16(26)13(9-12)21(36)35-18-6-2-11(29)8-17(18)30/h1-9,19-20H,(H,34,37)(H,35,36). The van der Waals surface area contributed by atoms with Crippen LogP contribution in [0.15, 0.2) is 59.1 Å². The number of alkyl halides is 5. The Balaban J connectivity index is 1.51. The SMILES string of the molecule is O=C(Nc1ccc(F)cc1F)c1cc(NC(=O)C2C(c3ccc(C(F)(F)F)c(Br)c3)C2(Cl)Cl)ccc1Cl. The van der Waals surface area contributed by atoms with E-state index < -0.39 is 51.4 Å². The molecule has 13 heteroatoms. The highest BCUT2D eigenvalue weighted by molar-refractivity contribution is 9.10. The number of benzene rings is 3. The molecule has 0 heterocycles. The predicted octanol–water partition coefficient (Wildman–Crippen LogP) is 8.18. The number of hydrogen-bond donors (Lipinski definition) is 2. The van der Waals surface area contributed by atoms with Gasteiger partial charge >= 0.3 is 6.18 Å². The summed E-state index contributed by atoms with van der Waals surface area (Å²) in [4.78, 5) is 25.6. The van der Waals surface area contributed by atoms with Gasteiger partial charge in [-0.25, -0.2) is 8.78 Å². The van der Waals surface area contributed by atoms with Crippen molar-refractivity contribution >= 4 is 73.9 Å². The highest BCUT2D eigenvalue weighted by Crippen LogP contribution is 2.65. The second kappa shape index (κ2) is 10.1. The molecule has 2 unspecified atom stereocenters. The van der Waals surface area contributed by atoms with E-state index in [1.807, 2.05) is 0 Å². The average Bonchev–Trinajstić information content (AvgIpc) is 3.38. The minimum absolute atomic E-state index is 0.0130. The fraction of sp³-hybridized carbons (Fsp3) is 0.167. The van der Waals surface area contributed by atoms with Crippen molar-refractivity contribution in [1.29, 1.82) is 0 Å². The van der Waals surface area contributed by atoms with Crippen molar-refractivity contribution in [3.05, 3.63) is 92.4 Å². The summed E-state index contributed by atoms with van der Waals surface area (Å²) in [6, 6.07) is 9.81. The Morgan fingerprint density at radius 1 is 0.946 bits per heavy atom. The van der Waals surface area contributed by atoms with Crippen molar-refractivity contribution < 1.29 is 31.5 Å². The first-order valence-corrected chi connectivity index (χ1v) is 12.2. The molecule has 3 aromatic carbocycles. The summed E-state index contributed by atoms with van der Waals surface area (Å²) in [7, 11) is 0. The van der Waals surface area contributed by atoms with Crippen molar-refractivity contribution in [3.63, 3.8) is 0 Å². The Morgan fingerprint density at radius 2 is 1.65 bits per heavy atom. The summed E-state index contributed by atoms with van der Waals surface area (Å²) in [5.74, 6) is -5.11. The van der Waals surface area contributed by atoms with Crippen LogP contribution in [0.3, 0.4) is 0 Å². The van der Waals surface area contributed by atoms with Gasteiger partial charge in [-0.15, -0.1) is 23.2 Å². The highest BCUT2D eigenvalue weighted by atomic mass is 79.9. The molecule has 0 bridgehead atoms. The zero-order valence-corrected chi connectivity index (χ0v) is 21.9. The van der Waals surface area contributed by atoms with Crippen LogP contribution in [0, 0.1) is 17.6 Å². The molecule has 2 amide bonds. The Morgan fingerprint density at radius 3 is 2.27 bits per heavy atom. The van der Waals surface area contributed by atoms with Gasteiger partial charge < -0.3 is 10.6 Å². The number of rotatable bonds is 5. The van der Waals surface area contributed by atoms with Crippen molar-refractivity contribution in [2.24, 2.45) is 5.92 Å². The zero-order chi connectivity index (χ0) is 27.3. The predicted molar refractivity (Wildman–Crippen MR) is 134 cm³/mol. The molecular weight excluding hydrogens is 630 g/mol. The number of carbonyl (C=O) groups excluding carboxylic acids is 2. The highest BCUT2D eigenvalue weighted by Gasteiger charge is 2.67. The Hall–Kier alpha value is -2.40. The van der Waals surface area contributed by atoms with E-state index in [4.69, 9.17) is 34.8 Å². The molecule has 1 saturated carbocycles. The number of nitrogens with one attached hydrogen (secondary N) is 2. The molecule has 1 aliphatic rings. The molecule has 194 valence electrons. The van der Waals surface area contributed by atoms with Crippen molar-refractivity contribution in [3.8, 4) is 0 Å². The van der Waals surface area contributed by atoms with Crippen LogP contribution in [0.25, 0.3) is 0 Å². The summed E-state index contributed by atoms with van der Waals surface area (Å²) in [5.41, 5.74) is -0.843. The minimum atomic E-state index is -4.57. The summed E-state index contributed by atoms with van der Waals surface area (Å²) >= 11 is 21.6. The lowest BCUT2D eigenvalue weighted by Crippen LogP contribution is -2.18. The summed E-state index contributed by atoms with van der Waals surface area (Å²) in [6.07, 6.45) is -4.57. The van der Waals surface area contributed by atoms with E-state index in [1.54, 1.807) is 0 Å². The van der Waals surface area contributed by atoms with Crippen LogP contribution >= 0.6 is 50.7 Å². The van der Waals surface area contributed by atoms with E-state index >= 15 is 0 Å². The molecule has 37 heavy (non-hydrogen) atoms. The second-order valence-electron chi connectivity index (χ2n) is 8.13. The molecule has 0 saturated heterocycles. The van der Waals surface area contributed by atoms with Gasteiger partial charge in [0.2, 0.25) is 5.91 Å². The Labute approximate surface area is 230 Å². The van der Waals surface area contributed by atoms with Crippen LogP contribution in [0.4, 0.5) is 33.3 Å². The van der Waals surface area contributed by atoms with E-state index in [2.05, 4.69) is 26.6 Å². The van der Waals surface area contributed by atoms with Crippen molar-refractivity contribution in [2.45, 2.75) is 16.4 Å². The van der Waals surface area contributed by atoms with Gasteiger partial charge in [0.15, 0.2) is 0 Å². The van der Waals surface area contributed by atoms with Crippen LogP contribution in [-0.2, 0) is 11.0 Å². The number of anilines is 2. The van der Waals surface area contributed by atoms with E-state index in [0.717, 1.165) is 18.2 Å². The van der Waals surface area contributed by atoms with Gasteiger partial charge in [0, 0.05) is 22.1 Å². The first kappa shape index (κ1) is 27.6. The molecule has 0 spiro atoms. The van der Waals surface area contributed by atoms with Crippen molar-refractivity contribution in [1.82, 2.24) is 0 Å². The third-order valence-corrected chi connectivity index (χ3v) is 7.58. The van der Waals surface area contributed by atoms with Crippen LogP contribution in [0.2, 0.25) is 5.02 Å². The molecule has 0 aromatic heterocycles. The lowest BCUT2D eigenvalue weighted by atomic mass is 10.1. The first-order valence-electron chi connectivity index (χ1n) is 10.3. The van der Waals surface area contributed by atoms with Gasteiger partial charge in [-0.3, -0.25) is 9.59 Å². The van der Waals surface area contributed by atoms with Crippen LogP contribution < -0.4 is 10.6 Å². The number of amides is 2. The summed E-state index contributed by atoms with van der Waals surface area (Å²) < 4.78 is 64.4. The first-order chi connectivity index (χ1) is 17.2. The smallest absolute Gasteiger partial charge is 0.326 e. The normalized spacial score (nSPS) is 18.3. The summed E-state index contributed by atoms with van der Waals surface area (Å²) in [6.45, 7) is 0. The zero-order valence-electron chi connectivity index (χ0n) is 18.1. The van der Waals surface area contributed by atoms with Crippen LogP contribution in [-0.4, -0.2) is 16.1 Å². The molecule has 4 nitrogen and oxygen atoms in total. The molecule has 3 aromatic rings. The van der Waals surface area contributed by atoms with Gasteiger partial charge in [0.25, 0.3) is 5.91 Å². The van der Waals surface area contributed by atoms with Gasteiger partial charge in [0.1, 0.15) is 16.0 Å².